The molecule has 0 unspecified atom stereocenters. The molecule has 0 saturated carbocycles. The van der Waals surface area contributed by atoms with E-state index in [1.807, 2.05) is 0 Å². The Morgan fingerprint density at radius 1 is 1.23 bits per heavy atom. The van der Waals surface area contributed by atoms with Crippen LogP contribution >= 0.6 is 0 Å². The predicted octanol–water partition coefficient (Wildman–Crippen LogP) is 1.53. The Balaban J connectivity index is 2.91. The van der Waals surface area contributed by atoms with Crippen molar-refractivity contribution in [3.8, 4) is 11.8 Å². The molecule has 76 valence electrons. The molecule has 0 bridgehead atoms. The predicted molar refractivity (Wildman–Crippen MR) is 55.9 cm³/mol. The molecule has 0 aliphatic rings. The van der Waals surface area contributed by atoms with E-state index >= 15 is 0 Å². The third kappa shape index (κ3) is 12.0. The van der Waals surface area contributed by atoms with E-state index in [1.165, 1.54) is 5.32 Å². The van der Waals surface area contributed by atoms with Crippen molar-refractivity contribution in [1.82, 2.24) is 0 Å². The minimum atomic E-state index is 0.593. The SMILES string of the molecule is CCC#CCC[Se]COCCOC. The fourth-order valence-corrected chi connectivity index (χ4v) is 1.91. The van der Waals surface area contributed by atoms with E-state index < -0.39 is 0 Å². The van der Waals surface area contributed by atoms with Gasteiger partial charge in [-0.2, -0.15) is 0 Å². The summed E-state index contributed by atoms with van der Waals surface area (Å²) in [5, 5.41) is 1.20. The summed E-state index contributed by atoms with van der Waals surface area (Å²) in [6.45, 7) is 3.50. The van der Waals surface area contributed by atoms with Gasteiger partial charge in [-0.25, -0.2) is 0 Å². The van der Waals surface area contributed by atoms with Crippen LogP contribution in [0.25, 0.3) is 0 Å². The first-order chi connectivity index (χ1) is 6.41. The van der Waals surface area contributed by atoms with E-state index in [1.54, 1.807) is 7.11 Å². The summed E-state index contributed by atoms with van der Waals surface area (Å²) in [6.07, 6.45) is 2.00. The maximum absolute atomic E-state index is 5.34. The Labute approximate surface area is 87.5 Å². The molecule has 0 aromatic heterocycles. The Kier molecular flexibility index (Phi) is 12.0. The summed E-state index contributed by atoms with van der Waals surface area (Å²) in [6, 6.07) is 0. The van der Waals surface area contributed by atoms with Gasteiger partial charge in [0.1, 0.15) is 0 Å². The zero-order valence-corrected chi connectivity index (χ0v) is 10.2. The molecule has 0 aliphatic heterocycles. The molecular weight excluding hydrogens is 231 g/mol. The van der Waals surface area contributed by atoms with Crippen LogP contribution in [0.5, 0.6) is 0 Å². The minimum absolute atomic E-state index is 0.593. The fourth-order valence-electron chi connectivity index (χ4n) is 0.656. The van der Waals surface area contributed by atoms with Gasteiger partial charge < -0.3 is 0 Å². The molecule has 0 fully saturated rings. The van der Waals surface area contributed by atoms with Gasteiger partial charge in [0.2, 0.25) is 0 Å². The second kappa shape index (κ2) is 12.0. The van der Waals surface area contributed by atoms with E-state index in [0.29, 0.717) is 21.6 Å². The third-order valence-corrected chi connectivity index (χ3v) is 3.00. The van der Waals surface area contributed by atoms with Gasteiger partial charge in [-0.1, -0.05) is 0 Å². The molecule has 0 rings (SSSR count). The van der Waals surface area contributed by atoms with E-state index in [2.05, 4.69) is 18.8 Å². The van der Waals surface area contributed by atoms with E-state index in [-0.39, 0.29) is 0 Å². The number of hydrogen-bond acceptors (Lipinski definition) is 2. The van der Waals surface area contributed by atoms with Gasteiger partial charge in [0.15, 0.2) is 0 Å². The van der Waals surface area contributed by atoms with E-state index in [9.17, 15) is 0 Å². The molecule has 0 aromatic carbocycles. The van der Waals surface area contributed by atoms with Crippen molar-refractivity contribution < 1.29 is 9.47 Å². The van der Waals surface area contributed by atoms with Crippen molar-refractivity contribution in [2.75, 3.05) is 25.8 Å². The van der Waals surface area contributed by atoms with Crippen LogP contribution in [0.1, 0.15) is 19.8 Å². The monoisotopic (exact) mass is 250 g/mol. The number of methoxy groups -OCH3 is 1. The van der Waals surface area contributed by atoms with Crippen molar-refractivity contribution in [3.63, 3.8) is 0 Å². The molecule has 0 atom stereocenters. The van der Waals surface area contributed by atoms with Crippen molar-refractivity contribution >= 4 is 15.0 Å². The Morgan fingerprint density at radius 3 is 2.77 bits per heavy atom. The van der Waals surface area contributed by atoms with Gasteiger partial charge in [-0.05, 0) is 0 Å². The zero-order chi connectivity index (χ0) is 9.78. The van der Waals surface area contributed by atoms with Crippen molar-refractivity contribution in [2.24, 2.45) is 0 Å². The molecule has 13 heavy (non-hydrogen) atoms. The summed E-state index contributed by atoms with van der Waals surface area (Å²) >= 11 is 0.593. The maximum atomic E-state index is 5.34. The standard InChI is InChI=1S/C10H18O2Se/c1-3-4-5-6-9-13-10-12-8-7-11-2/h3,6-10H2,1-2H3. The molecule has 3 heteroatoms. The fraction of sp³-hybridized carbons (Fsp3) is 0.800. The topological polar surface area (TPSA) is 18.5 Å². The van der Waals surface area contributed by atoms with Crippen LogP contribution in [0.3, 0.4) is 0 Å². The first-order valence-electron chi connectivity index (χ1n) is 4.52. The molecule has 0 radical (unpaired) electrons. The van der Waals surface area contributed by atoms with Crippen LogP contribution in [0.4, 0.5) is 0 Å². The van der Waals surface area contributed by atoms with Crippen LogP contribution in [0.2, 0.25) is 5.32 Å². The first kappa shape index (κ1) is 13.0. The summed E-state index contributed by atoms with van der Waals surface area (Å²) in [5.74, 6) is 6.18. The van der Waals surface area contributed by atoms with Crippen molar-refractivity contribution in [2.45, 2.75) is 25.1 Å². The number of hydrogen-bond donors (Lipinski definition) is 0. The van der Waals surface area contributed by atoms with Gasteiger partial charge in [-0.15, -0.1) is 0 Å². The molecular formula is C10H18O2Se. The van der Waals surface area contributed by atoms with Crippen LogP contribution < -0.4 is 0 Å². The summed E-state index contributed by atoms with van der Waals surface area (Å²) in [4.78, 5) is 0. The average molecular weight is 249 g/mol. The molecule has 0 aromatic rings. The van der Waals surface area contributed by atoms with Gasteiger partial charge in [0, 0.05) is 0 Å². The normalized spacial score (nSPS) is 9.38. The van der Waals surface area contributed by atoms with Crippen molar-refractivity contribution in [1.29, 1.82) is 0 Å². The van der Waals surface area contributed by atoms with Crippen molar-refractivity contribution in [3.05, 3.63) is 0 Å². The van der Waals surface area contributed by atoms with Gasteiger partial charge in [0.05, 0.1) is 0 Å². The second-order valence-corrected chi connectivity index (χ2v) is 4.59. The Hall–Kier alpha value is -0.000519. The van der Waals surface area contributed by atoms with Crippen LogP contribution in [-0.4, -0.2) is 40.8 Å². The summed E-state index contributed by atoms with van der Waals surface area (Å²) in [7, 11) is 1.69. The zero-order valence-electron chi connectivity index (χ0n) is 8.47. The van der Waals surface area contributed by atoms with Crippen LogP contribution in [-0.2, 0) is 9.47 Å². The second-order valence-electron chi connectivity index (χ2n) is 2.38. The van der Waals surface area contributed by atoms with Crippen LogP contribution in [0, 0.1) is 11.8 Å². The molecule has 0 saturated heterocycles. The first-order valence-corrected chi connectivity index (χ1v) is 6.94. The summed E-state index contributed by atoms with van der Waals surface area (Å²) < 4.78 is 10.2. The molecule has 0 spiro atoms. The Morgan fingerprint density at radius 2 is 2.08 bits per heavy atom. The van der Waals surface area contributed by atoms with E-state index in [4.69, 9.17) is 9.47 Å². The van der Waals surface area contributed by atoms with Crippen LogP contribution in [0.15, 0.2) is 0 Å². The molecule has 0 N–H and O–H groups in total. The van der Waals surface area contributed by atoms with Gasteiger partial charge in [0.25, 0.3) is 0 Å². The quantitative estimate of drug-likeness (QED) is 0.387. The molecule has 0 amide bonds. The molecule has 0 heterocycles. The third-order valence-electron chi connectivity index (χ3n) is 1.27. The van der Waals surface area contributed by atoms with Gasteiger partial charge >= 0.3 is 87.2 Å². The average Bonchev–Trinajstić information content (AvgIpc) is 2.16. The molecule has 0 aliphatic carbocycles. The Bertz CT molecular complexity index is 149. The number of ether oxygens (including phenoxy) is 2. The van der Waals surface area contributed by atoms with Gasteiger partial charge in [-0.3, -0.25) is 0 Å². The summed E-state index contributed by atoms with van der Waals surface area (Å²) in [5.41, 5.74) is 0.893. The number of rotatable bonds is 7. The van der Waals surface area contributed by atoms with E-state index in [0.717, 1.165) is 25.0 Å². The molecule has 2 nitrogen and oxygen atoms in total.